The Balaban J connectivity index is 1.18. The minimum absolute atomic E-state index is 0.286. The Labute approximate surface area is 267 Å². The fourth-order valence-corrected chi connectivity index (χ4v) is 7.38. The molecular weight excluding hydrogens is 561 g/mol. The minimum Gasteiger partial charge on any atom is -0.551 e. The topological polar surface area (TPSA) is 23.4 Å². The molecule has 0 fully saturated rings. The first kappa shape index (κ1) is 25.3. The van der Waals surface area contributed by atoms with Gasteiger partial charge in [-0.3, -0.25) is 0 Å². The molecule has 46 heavy (non-hydrogen) atoms. The quantitative estimate of drug-likeness (QED) is 0.192. The molecule has 0 spiro atoms. The maximum atomic E-state index is 7.05. The van der Waals surface area contributed by atoms with E-state index in [-0.39, 0.29) is 6.92 Å². The van der Waals surface area contributed by atoms with Gasteiger partial charge in [-0.25, -0.2) is 0 Å². The average Bonchev–Trinajstić information content (AvgIpc) is 3.46. The number of hydrogen-bond acceptors (Lipinski definition) is 2. The highest BCUT2D eigenvalue weighted by molar-refractivity contribution is 6.84. The zero-order valence-electron chi connectivity index (χ0n) is 24.9. The second kappa shape index (κ2) is 9.75. The SMILES string of the molecule is c1ccc(-c2ccc(-c3cc4c5c(c3)-c3ccccc3OB5c3cccc(-n5c6ccccc6c6ccccc65)c3O4)cc2)cc1. The molecule has 214 valence electrons. The predicted molar refractivity (Wildman–Crippen MR) is 189 cm³/mol. The summed E-state index contributed by atoms with van der Waals surface area (Å²) >= 11 is 0. The van der Waals surface area contributed by atoms with Gasteiger partial charge in [-0.2, -0.15) is 0 Å². The van der Waals surface area contributed by atoms with Crippen LogP contribution in [0, 0.1) is 0 Å². The lowest BCUT2D eigenvalue weighted by Gasteiger charge is -2.34. The molecule has 4 heteroatoms. The van der Waals surface area contributed by atoms with Gasteiger partial charge in [-0.1, -0.05) is 121 Å². The lowest BCUT2D eigenvalue weighted by atomic mass is 9.50. The Bertz CT molecular complexity index is 2430. The van der Waals surface area contributed by atoms with Gasteiger partial charge < -0.3 is 14.0 Å². The van der Waals surface area contributed by atoms with Crippen molar-refractivity contribution in [3.05, 3.63) is 158 Å². The largest absolute Gasteiger partial charge is 0.551 e. The summed E-state index contributed by atoms with van der Waals surface area (Å²) in [5, 5.41) is 2.44. The molecule has 0 saturated carbocycles. The zero-order chi connectivity index (χ0) is 30.2. The second-order valence-corrected chi connectivity index (χ2v) is 12.0. The summed E-state index contributed by atoms with van der Waals surface area (Å²) in [6.07, 6.45) is 0. The Morgan fingerprint density at radius 1 is 0.457 bits per heavy atom. The summed E-state index contributed by atoms with van der Waals surface area (Å²) in [6, 6.07) is 55.8. The summed E-state index contributed by atoms with van der Waals surface area (Å²) in [4.78, 5) is 0. The van der Waals surface area contributed by atoms with Crippen molar-refractivity contribution in [1.29, 1.82) is 0 Å². The molecule has 0 saturated heterocycles. The molecule has 3 heterocycles. The zero-order valence-corrected chi connectivity index (χ0v) is 24.9. The molecule has 0 unspecified atom stereocenters. The molecule has 8 aromatic rings. The average molecular weight is 587 g/mol. The maximum absolute atomic E-state index is 7.05. The van der Waals surface area contributed by atoms with E-state index < -0.39 is 0 Å². The van der Waals surface area contributed by atoms with Gasteiger partial charge >= 0.3 is 6.92 Å². The smallest absolute Gasteiger partial charge is 0.434 e. The predicted octanol–water partition coefficient (Wildman–Crippen LogP) is 9.39. The number of para-hydroxylation sites is 4. The van der Waals surface area contributed by atoms with Crippen LogP contribution in [0.4, 0.5) is 0 Å². The summed E-state index contributed by atoms with van der Waals surface area (Å²) < 4.78 is 16.2. The van der Waals surface area contributed by atoms with E-state index in [1.807, 2.05) is 6.07 Å². The fourth-order valence-electron chi connectivity index (χ4n) is 7.38. The van der Waals surface area contributed by atoms with Crippen molar-refractivity contribution in [2.45, 2.75) is 0 Å². The van der Waals surface area contributed by atoms with Gasteiger partial charge in [0, 0.05) is 27.3 Å². The van der Waals surface area contributed by atoms with Crippen LogP contribution in [0.15, 0.2) is 158 Å². The van der Waals surface area contributed by atoms with Crippen molar-refractivity contribution in [2.75, 3.05) is 0 Å². The molecule has 10 rings (SSSR count). The van der Waals surface area contributed by atoms with Crippen LogP contribution >= 0.6 is 0 Å². The van der Waals surface area contributed by atoms with Crippen LogP contribution in [0.3, 0.4) is 0 Å². The molecule has 2 aliphatic heterocycles. The Morgan fingerprint density at radius 2 is 1.09 bits per heavy atom. The van der Waals surface area contributed by atoms with Gasteiger partial charge in [0.2, 0.25) is 0 Å². The fraction of sp³-hybridized carbons (Fsp3) is 0. The third kappa shape index (κ3) is 3.67. The first-order valence-corrected chi connectivity index (χ1v) is 15.7. The van der Waals surface area contributed by atoms with Crippen LogP contribution in [-0.2, 0) is 0 Å². The van der Waals surface area contributed by atoms with E-state index in [1.165, 1.54) is 21.9 Å². The van der Waals surface area contributed by atoms with Gasteiger partial charge in [-0.05, 0) is 64.2 Å². The Hall–Kier alpha value is -6.00. The molecule has 0 radical (unpaired) electrons. The Morgan fingerprint density at radius 3 is 1.85 bits per heavy atom. The maximum Gasteiger partial charge on any atom is 0.434 e. The number of benzene rings is 7. The Kier molecular flexibility index (Phi) is 5.37. The molecule has 1 aromatic heterocycles. The summed E-state index contributed by atoms with van der Waals surface area (Å²) in [7, 11) is 0. The molecular formula is C42H26BNO2. The number of aromatic nitrogens is 1. The van der Waals surface area contributed by atoms with E-state index >= 15 is 0 Å². The number of fused-ring (bicyclic) bond motifs is 7. The number of hydrogen-bond donors (Lipinski definition) is 0. The molecule has 3 nitrogen and oxygen atoms in total. The standard InChI is InChI=1S/C42H26BNO2/c1-2-11-27(12-3-1)28-21-23-29(24-22-28)30-25-34-33-15-6-9-20-39(33)46-43-35-16-10-19-38(42(35)45-40(26-30)41(34)43)44-36-17-7-4-13-31(36)32-14-5-8-18-37(32)44/h1-26H. The lowest BCUT2D eigenvalue weighted by molar-refractivity contribution is 0.478. The van der Waals surface area contributed by atoms with Crippen LogP contribution in [0.25, 0.3) is 60.9 Å². The summed E-state index contributed by atoms with van der Waals surface area (Å²) in [5.41, 5.74) is 12.3. The minimum atomic E-state index is -0.286. The van der Waals surface area contributed by atoms with Crippen molar-refractivity contribution in [1.82, 2.24) is 4.57 Å². The van der Waals surface area contributed by atoms with Gasteiger partial charge in [0.15, 0.2) is 0 Å². The third-order valence-corrected chi connectivity index (χ3v) is 9.49. The van der Waals surface area contributed by atoms with Crippen molar-refractivity contribution in [3.8, 4) is 56.3 Å². The van der Waals surface area contributed by atoms with Gasteiger partial charge in [0.05, 0.1) is 16.7 Å². The van der Waals surface area contributed by atoms with Crippen LogP contribution in [0.1, 0.15) is 0 Å². The highest BCUT2D eigenvalue weighted by Gasteiger charge is 2.42. The van der Waals surface area contributed by atoms with Gasteiger partial charge in [-0.15, -0.1) is 0 Å². The molecule has 7 aromatic carbocycles. The first-order chi connectivity index (χ1) is 22.8. The lowest BCUT2D eigenvalue weighted by Crippen LogP contribution is -2.53. The van der Waals surface area contributed by atoms with Crippen molar-refractivity contribution in [2.24, 2.45) is 0 Å². The molecule has 0 aliphatic carbocycles. The molecule has 2 aliphatic rings. The highest BCUT2D eigenvalue weighted by atomic mass is 16.5. The normalized spacial score (nSPS) is 12.7. The monoisotopic (exact) mass is 587 g/mol. The van der Waals surface area contributed by atoms with E-state index in [1.54, 1.807) is 0 Å². The van der Waals surface area contributed by atoms with Crippen molar-refractivity contribution in [3.63, 3.8) is 0 Å². The van der Waals surface area contributed by atoms with E-state index in [2.05, 4.69) is 156 Å². The van der Waals surface area contributed by atoms with E-state index in [0.717, 1.165) is 67.1 Å². The molecule has 0 amide bonds. The second-order valence-electron chi connectivity index (χ2n) is 12.0. The molecule has 0 atom stereocenters. The van der Waals surface area contributed by atoms with Gasteiger partial charge in [0.1, 0.15) is 17.2 Å². The van der Waals surface area contributed by atoms with Gasteiger partial charge in [0.25, 0.3) is 0 Å². The van der Waals surface area contributed by atoms with Crippen LogP contribution in [0.5, 0.6) is 17.2 Å². The molecule has 0 bridgehead atoms. The van der Waals surface area contributed by atoms with Crippen LogP contribution < -0.4 is 20.3 Å². The number of rotatable bonds is 3. The van der Waals surface area contributed by atoms with E-state index in [4.69, 9.17) is 9.39 Å². The number of nitrogens with zero attached hydrogens (tertiary/aromatic N) is 1. The number of ether oxygens (including phenoxy) is 1. The van der Waals surface area contributed by atoms with E-state index in [9.17, 15) is 0 Å². The van der Waals surface area contributed by atoms with Crippen LogP contribution in [0.2, 0.25) is 0 Å². The highest BCUT2D eigenvalue weighted by Crippen LogP contribution is 2.44. The van der Waals surface area contributed by atoms with Crippen molar-refractivity contribution >= 4 is 39.6 Å². The van der Waals surface area contributed by atoms with Crippen LogP contribution in [-0.4, -0.2) is 11.5 Å². The summed E-state index contributed by atoms with van der Waals surface area (Å²) in [6.45, 7) is -0.286. The summed E-state index contributed by atoms with van der Waals surface area (Å²) in [5.74, 6) is 2.55. The van der Waals surface area contributed by atoms with Crippen molar-refractivity contribution < 1.29 is 9.39 Å². The third-order valence-electron chi connectivity index (χ3n) is 9.49. The first-order valence-electron chi connectivity index (χ1n) is 15.7. The molecule has 0 N–H and O–H groups in total. The van der Waals surface area contributed by atoms with E-state index in [0.29, 0.717) is 0 Å².